The van der Waals surface area contributed by atoms with Crippen molar-refractivity contribution in [2.75, 3.05) is 13.1 Å². The molecule has 5 rings (SSSR count). The Hall–Kier alpha value is -3.25. The average molecular weight is 371 g/mol. The Bertz CT molecular complexity index is 1070. The Kier molecular flexibility index (Phi) is 4.47. The molecule has 1 aliphatic rings. The van der Waals surface area contributed by atoms with Crippen LogP contribution in [0.1, 0.15) is 18.9 Å². The number of aromatic nitrogens is 4. The Morgan fingerprint density at radius 2 is 1.68 bits per heavy atom. The van der Waals surface area contributed by atoms with Crippen molar-refractivity contribution in [3.8, 4) is 22.8 Å². The summed E-state index contributed by atoms with van der Waals surface area (Å²) in [5.74, 6) is 1.62. The predicted molar refractivity (Wildman–Crippen MR) is 108 cm³/mol. The number of nitrogens with one attached hydrogen (secondary N) is 1. The zero-order valence-electron chi connectivity index (χ0n) is 15.5. The minimum Gasteiger partial charge on any atom is -0.457 e. The number of benzene rings is 2. The fourth-order valence-electron chi connectivity index (χ4n) is 3.71. The first-order valence-corrected chi connectivity index (χ1v) is 9.61. The van der Waals surface area contributed by atoms with E-state index in [1.165, 1.54) is 0 Å². The van der Waals surface area contributed by atoms with Gasteiger partial charge in [0.1, 0.15) is 23.5 Å². The third-order valence-electron chi connectivity index (χ3n) is 5.13. The molecule has 0 bridgehead atoms. The molecule has 0 saturated carbocycles. The molecule has 1 N–H and O–H groups in total. The number of para-hydroxylation sites is 1. The van der Waals surface area contributed by atoms with Gasteiger partial charge < -0.3 is 10.1 Å². The van der Waals surface area contributed by atoms with Gasteiger partial charge in [0, 0.05) is 11.8 Å². The van der Waals surface area contributed by atoms with Gasteiger partial charge in [0.15, 0.2) is 5.65 Å². The van der Waals surface area contributed by atoms with Gasteiger partial charge in [-0.3, -0.25) is 0 Å². The van der Waals surface area contributed by atoms with Crippen molar-refractivity contribution >= 4 is 11.0 Å². The van der Waals surface area contributed by atoms with E-state index >= 15 is 0 Å². The van der Waals surface area contributed by atoms with Crippen LogP contribution < -0.4 is 10.1 Å². The molecule has 28 heavy (non-hydrogen) atoms. The van der Waals surface area contributed by atoms with Crippen LogP contribution in [0.4, 0.5) is 0 Å². The Labute approximate surface area is 163 Å². The summed E-state index contributed by atoms with van der Waals surface area (Å²) in [7, 11) is 0. The van der Waals surface area contributed by atoms with Gasteiger partial charge in [0.25, 0.3) is 0 Å². The molecule has 0 amide bonds. The first-order chi connectivity index (χ1) is 13.9. The van der Waals surface area contributed by atoms with Crippen molar-refractivity contribution in [3.05, 3.63) is 67.1 Å². The second-order valence-corrected chi connectivity index (χ2v) is 6.97. The van der Waals surface area contributed by atoms with Gasteiger partial charge in [0.05, 0.1) is 11.4 Å². The summed E-state index contributed by atoms with van der Waals surface area (Å²) < 4.78 is 7.98. The number of ether oxygens (including phenoxy) is 1. The van der Waals surface area contributed by atoms with Crippen LogP contribution in [0.15, 0.2) is 67.1 Å². The van der Waals surface area contributed by atoms with Gasteiger partial charge >= 0.3 is 0 Å². The lowest BCUT2D eigenvalue weighted by molar-refractivity contribution is 0.350. The molecule has 0 radical (unpaired) electrons. The standard InChI is InChI=1S/C22H21N5O/c1-2-4-18(5-3-1)28-19-8-6-16(7-9-19)21-20-14-24-15-25-22(20)27(26-21)17-10-12-23-13-11-17/h1-9,14-15,17,23H,10-13H2. The van der Waals surface area contributed by atoms with E-state index in [-0.39, 0.29) is 0 Å². The molecule has 1 fully saturated rings. The normalized spacial score (nSPS) is 15.0. The monoisotopic (exact) mass is 371 g/mol. The maximum Gasteiger partial charge on any atom is 0.162 e. The van der Waals surface area contributed by atoms with Gasteiger partial charge in [-0.25, -0.2) is 14.6 Å². The zero-order valence-corrected chi connectivity index (χ0v) is 15.5. The molecular formula is C22H21N5O. The molecular weight excluding hydrogens is 350 g/mol. The lowest BCUT2D eigenvalue weighted by Gasteiger charge is -2.23. The van der Waals surface area contributed by atoms with E-state index < -0.39 is 0 Å². The number of nitrogens with zero attached hydrogens (tertiary/aromatic N) is 4. The van der Waals surface area contributed by atoms with Crippen molar-refractivity contribution in [1.82, 2.24) is 25.1 Å². The van der Waals surface area contributed by atoms with Crippen LogP contribution in [0, 0.1) is 0 Å². The number of piperidine rings is 1. The van der Waals surface area contributed by atoms with Gasteiger partial charge in [-0.05, 0) is 62.3 Å². The number of hydrogen-bond acceptors (Lipinski definition) is 5. The van der Waals surface area contributed by atoms with Crippen LogP contribution in [-0.2, 0) is 0 Å². The smallest absolute Gasteiger partial charge is 0.162 e. The van der Waals surface area contributed by atoms with Crippen LogP contribution >= 0.6 is 0 Å². The van der Waals surface area contributed by atoms with Gasteiger partial charge in [0.2, 0.25) is 0 Å². The predicted octanol–water partition coefficient (Wildman–Crippen LogP) is 4.21. The molecule has 1 saturated heterocycles. The topological polar surface area (TPSA) is 64.9 Å². The van der Waals surface area contributed by atoms with Gasteiger partial charge in [-0.15, -0.1) is 0 Å². The third-order valence-corrected chi connectivity index (χ3v) is 5.13. The highest BCUT2D eigenvalue weighted by Gasteiger charge is 2.21. The van der Waals surface area contributed by atoms with E-state index in [0.29, 0.717) is 6.04 Å². The Balaban J connectivity index is 1.49. The van der Waals surface area contributed by atoms with Gasteiger partial charge in [-0.2, -0.15) is 5.10 Å². The second-order valence-electron chi connectivity index (χ2n) is 6.97. The van der Waals surface area contributed by atoms with Crippen molar-refractivity contribution in [1.29, 1.82) is 0 Å². The maximum atomic E-state index is 5.90. The minimum atomic E-state index is 0.369. The first kappa shape index (κ1) is 16.9. The summed E-state index contributed by atoms with van der Waals surface area (Å²) in [5.41, 5.74) is 2.86. The SMILES string of the molecule is c1ccc(Oc2ccc(-c3nn(C4CCNCC4)c4ncncc34)cc2)cc1. The Morgan fingerprint density at radius 1 is 0.929 bits per heavy atom. The molecule has 1 aliphatic heterocycles. The molecule has 3 heterocycles. The van der Waals surface area contributed by atoms with E-state index in [1.54, 1.807) is 6.33 Å². The van der Waals surface area contributed by atoms with E-state index in [0.717, 1.165) is 59.7 Å². The molecule has 0 aliphatic carbocycles. The van der Waals surface area contributed by atoms with Crippen molar-refractivity contribution < 1.29 is 4.74 Å². The summed E-state index contributed by atoms with van der Waals surface area (Å²) in [6, 6.07) is 18.2. The fourth-order valence-corrected chi connectivity index (χ4v) is 3.71. The zero-order chi connectivity index (χ0) is 18.8. The van der Waals surface area contributed by atoms with Crippen molar-refractivity contribution in [3.63, 3.8) is 0 Å². The molecule has 2 aromatic carbocycles. The van der Waals surface area contributed by atoms with E-state index in [1.807, 2.05) is 60.8 Å². The average Bonchev–Trinajstić information content (AvgIpc) is 3.15. The molecule has 0 atom stereocenters. The molecule has 0 unspecified atom stereocenters. The lowest BCUT2D eigenvalue weighted by atomic mass is 10.1. The first-order valence-electron chi connectivity index (χ1n) is 9.61. The number of rotatable bonds is 4. The fraction of sp³-hybridized carbons (Fsp3) is 0.227. The summed E-state index contributed by atoms with van der Waals surface area (Å²) in [6.07, 6.45) is 5.58. The van der Waals surface area contributed by atoms with Crippen LogP contribution in [-0.4, -0.2) is 32.8 Å². The van der Waals surface area contributed by atoms with Crippen molar-refractivity contribution in [2.24, 2.45) is 0 Å². The van der Waals surface area contributed by atoms with Crippen LogP contribution in [0.5, 0.6) is 11.5 Å². The summed E-state index contributed by atoms with van der Waals surface area (Å²) >= 11 is 0. The largest absolute Gasteiger partial charge is 0.457 e. The maximum absolute atomic E-state index is 5.90. The van der Waals surface area contributed by atoms with Crippen LogP contribution in [0.2, 0.25) is 0 Å². The number of hydrogen-bond donors (Lipinski definition) is 1. The summed E-state index contributed by atoms with van der Waals surface area (Å²) in [6.45, 7) is 2.02. The minimum absolute atomic E-state index is 0.369. The molecule has 6 heteroatoms. The Morgan fingerprint density at radius 3 is 2.46 bits per heavy atom. The second kappa shape index (κ2) is 7.40. The van der Waals surface area contributed by atoms with E-state index in [9.17, 15) is 0 Å². The molecule has 140 valence electrons. The summed E-state index contributed by atoms with van der Waals surface area (Å²) in [4.78, 5) is 8.75. The molecule has 2 aromatic heterocycles. The van der Waals surface area contributed by atoms with E-state index in [2.05, 4.69) is 20.0 Å². The quantitative estimate of drug-likeness (QED) is 0.582. The van der Waals surface area contributed by atoms with Crippen LogP contribution in [0.25, 0.3) is 22.3 Å². The molecule has 0 spiro atoms. The van der Waals surface area contributed by atoms with E-state index in [4.69, 9.17) is 9.84 Å². The molecule has 6 nitrogen and oxygen atoms in total. The summed E-state index contributed by atoms with van der Waals surface area (Å²) in [5, 5.41) is 9.34. The van der Waals surface area contributed by atoms with Crippen LogP contribution in [0.3, 0.4) is 0 Å². The highest BCUT2D eigenvalue weighted by atomic mass is 16.5. The number of fused-ring (bicyclic) bond motifs is 1. The molecule has 4 aromatic rings. The third kappa shape index (κ3) is 3.23. The lowest BCUT2D eigenvalue weighted by Crippen LogP contribution is -2.30. The highest BCUT2D eigenvalue weighted by Crippen LogP contribution is 2.32. The van der Waals surface area contributed by atoms with Gasteiger partial charge in [-0.1, -0.05) is 18.2 Å². The van der Waals surface area contributed by atoms with Crippen molar-refractivity contribution in [2.45, 2.75) is 18.9 Å². The highest BCUT2D eigenvalue weighted by molar-refractivity contribution is 5.90.